The topological polar surface area (TPSA) is 98.6 Å². The molecule has 3 N–H and O–H groups in total. The molecule has 2 atom stereocenters. The predicted molar refractivity (Wildman–Crippen MR) is 110 cm³/mol. The maximum atomic E-state index is 14.9. The molecule has 1 fully saturated rings. The van der Waals surface area contributed by atoms with Crippen LogP contribution < -0.4 is 10.2 Å². The molecule has 1 aromatic heterocycles. The normalized spacial score (nSPS) is 17.8. The molecule has 29 heavy (non-hydrogen) atoms. The van der Waals surface area contributed by atoms with Crippen molar-refractivity contribution < 1.29 is 19.4 Å². The fourth-order valence-corrected chi connectivity index (χ4v) is 4.09. The first-order valence-electron chi connectivity index (χ1n) is 9.10. The molecular formula is C19H21Cl2FN4O3. The fourth-order valence-electron chi connectivity index (χ4n) is 3.32. The average Bonchev–Trinajstić information content (AvgIpc) is 3.41. The number of benzene rings is 1. The number of hydrogen-bond donors (Lipinski definition) is 3. The molecule has 0 saturated heterocycles. The van der Waals surface area contributed by atoms with E-state index >= 15 is 0 Å². The maximum Gasteiger partial charge on any atom is 0.305 e. The number of rotatable bonds is 9. The van der Waals surface area contributed by atoms with Crippen molar-refractivity contribution in [1.29, 1.82) is 0 Å². The Bertz CT molecular complexity index is 892. The highest BCUT2D eigenvalue weighted by molar-refractivity contribution is 6.36. The second-order valence-electron chi connectivity index (χ2n) is 6.91. The molecule has 10 heteroatoms. The summed E-state index contributed by atoms with van der Waals surface area (Å²) in [6.45, 7) is 0.401. The fraction of sp³-hybridized carbons (Fsp3) is 0.421. The van der Waals surface area contributed by atoms with E-state index in [1.807, 2.05) is 0 Å². The minimum absolute atomic E-state index is 0.0261. The van der Waals surface area contributed by atoms with Gasteiger partial charge in [-0.05, 0) is 30.0 Å². The largest absolute Gasteiger partial charge is 0.481 e. The van der Waals surface area contributed by atoms with Crippen LogP contribution in [0, 0.1) is 5.82 Å². The van der Waals surface area contributed by atoms with Crippen molar-refractivity contribution in [2.24, 2.45) is 0 Å². The molecule has 7 nitrogen and oxygen atoms in total. The van der Waals surface area contributed by atoms with Crippen LogP contribution in [0.4, 0.5) is 15.9 Å². The number of likely N-dealkylation sites (N-methyl/N-ethyl adjacent to an activating group) is 1. The van der Waals surface area contributed by atoms with Gasteiger partial charge in [0.1, 0.15) is 6.33 Å². The third kappa shape index (κ3) is 4.88. The highest BCUT2D eigenvalue weighted by atomic mass is 35.5. The number of nitrogens with one attached hydrogen (secondary N) is 1. The van der Waals surface area contributed by atoms with Gasteiger partial charge in [0.25, 0.3) is 0 Å². The van der Waals surface area contributed by atoms with Crippen molar-refractivity contribution in [3.05, 3.63) is 45.6 Å². The number of hydrogen-bond acceptors (Lipinski definition) is 6. The van der Waals surface area contributed by atoms with Crippen LogP contribution in [0.5, 0.6) is 0 Å². The lowest BCUT2D eigenvalue weighted by atomic mass is 10.1. The van der Waals surface area contributed by atoms with Gasteiger partial charge in [-0.25, -0.2) is 14.4 Å². The number of anilines is 2. The Morgan fingerprint density at radius 2 is 2.00 bits per heavy atom. The summed E-state index contributed by atoms with van der Waals surface area (Å²) in [6.07, 6.45) is 1.94. The van der Waals surface area contributed by atoms with Crippen LogP contribution in [0.3, 0.4) is 0 Å². The Labute approximate surface area is 177 Å². The van der Waals surface area contributed by atoms with Crippen LogP contribution >= 0.6 is 23.2 Å². The van der Waals surface area contributed by atoms with Gasteiger partial charge in [0, 0.05) is 41.8 Å². The third-order valence-electron chi connectivity index (χ3n) is 4.85. The number of carbonyl (C=O) groups is 1. The zero-order valence-corrected chi connectivity index (χ0v) is 17.2. The molecule has 1 aliphatic rings. The molecule has 1 heterocycles. The van der Waals surface area contributed by atoms with Crippen LogP contribution in [0.15, 0.2) is 18.5 Å². The zero-order chi connectivity index (χ0) is 21.1. The minimum Gasteiger partial charge on any atom is -0.481 e. The number of carboxylic acids is 1. The van der Waals surface area contributed by atoms with Crippen molar-refractivity contribution in [3.8, 4) is 0 Å². The van der Waals surface area contributed by atoms with Gasteiger partial charge in [0.15, 0.2) is 11.6 Å². The third-order valence-corrected chi connectivity index (χ3v) is 5.48. The molecule has 0 aliphatic heterocycles. The maximum absolute atomic E-state index is 14.9. The number of aromatic nitrogens is 2. The second-order valence-corrected chi connectivity index (χ2v) is 7.73. The Kier molecular flexibility index (Phi) is 6.77. The van der Waals surface area contributed by atoms with Crippen molar-refractivity contribution in [1.82, 2.24) is 9.97 Å². The van der Waals surface area contributed by atoms with E-state index in [1.54, 1.807) is 19.2 Å². The van der Waals surface area contributed by atoms with E-state index in [9.17, 15) is 9.18 Å². The van der Waals surface area contributed by atoms with Crippen LogP contribution in [0.1, 0.15) is 35.9 Å². The molecule has 0 radical (unpaired) electrons. The number of aliphatic hydroxyl groups excluding tert-OH is 1. The molecular weight excluding hydrogens is 422 g/mol. The smallest absolute Gasteiger partial charge is 0.305 e. The summed E-state index contributed by atoms with van der Waals surface area (Å²) in [5.74, 6) is -1.49. The SMILES string of the molecule is CN(CCO)c1ncnc(C2CC2c2c(Cl)cc(NCCC(=O)O)cc2Cl)c1F. The number of carboxylic acid groups (broad SMARTS) is 1. The Hall–Kier alpha value is -2.16. The van der Waals surface area contributed by atoms with Gasteiger partial charge >= 0.3 is 5.97 Å². The van der Waals surface area contributed by atoms with Gasteiger partial charge in [-0.1, -0.05) is 23.2 Å². The average molecular weight is 443 g/mol. The summed E-state index contributed by atoms with van der Waals surface area (Å²) in [6, 6.07) is 3.38. The molecule has 1 aliphatic carbocycles. The van der Waals surface area contributed by atoms with Gasteiger partial charge in [0.05, 0.1) is 18.7 Å². The van der Waals surface area contributed by atoms with Crippen molar-refractivity contribution in [2.45, 2.75) is 24.7 Å². The van der Waals surface area contributed by atoms with Gasteiger partial charge in [-0.15, -0.1) is 0 Å². The van der Waals surface area contributed by atoms with Gasteiger partial charge in [0.2, 0.25) is 0 Å². The summed E-state index contributed by atoms with van der Waals surface area (Å²) >= 11 is 12.8. The van der Waals surface area contributed by atoms with Crippen molar-refractivity contribution >= 4 is 40.7 Å². The molecule has 0 spiro atoms. The highest BCUT2D eigenvalue weighted by Gasteiger charge is 2.45. The van der Waals surface area contributed by atoms with Crippen LogP contribution in [0.25, 0.3) is 0 Å². The van der Waals surface area contributed by atoms with E-state index < -0.39 is 11.8 Å². The van der Waals surface area contributed by atoms with E-state index in [0.717, 1.165) is 5.56 Å². The van der Waals surface area contributed by atoms with Crippen LogP contribution in [-0.4, -0.2) is 52.9 Å². The van der Waals surface area contributed by atoms with E-state index in [1.165, 1.54) is 11.2 Å². The molecule has 0 bridgehead atoms. The summed E-state index contributed by atoms with van der Waals surface area (Å²) in [4.78, 5) is 20.3. The lowest BCUT2D eigenvalue weighted by Crippen LogP contribution is -2.24. The van der Waals surface area contributed by atoms with E-state index in [4.69, 9.17) is 33.4 Å². The lowest BCUT2D eigenvalue weighted by Gasteiger charge is -2.18. The first kappa shape index (κ1) is 21.5. The zero-order valence-electron chi connectivity index (χ0n) is 15.7. The van der Waals surface area contributed by atoms with E-state index in [0.29, 0.717) is 27.8 Å². The Balaban J connectivity index is 1.78. The van der Waals surface area contributed by atoms with E-state index in [2.05, 4.69) is 15.3 Å². The predicted octanol–water partition coefficient (Wildman–Crippen LogP) is 3.51. The summed E-state index contributed by atoms with van der Waals surface area (Å²) in [5.41, 5.74) is 1.66. The summed E-state index contributed by atoms with van der Waals surface area (Å²) in [5, 5.41) is 21.6. The Morgan fingerprint density at radius 3 is 2.62 bits per heavy atom. The monoisotopic (exact) mass is 442 g/mol. The molecule has 1 saturated carbocycles. The number of aliphatic hydroxyl groups is 1. The van der Waals surface area contributed by atoms with Crippen molar-refractivity contribution in [3.63, 3.8) is 0 Å². The molecule has 1 aromatic carbocycles. The number of aliphatic carboxylic acids is 1. The van der Waals surface area contributed by atoms with Crippen molar-refractivity contribution in [2.75, 3.05) is 37.0 Å². The number of nitrogens with zero attached hydrogens (tertiary/aromatic N) is 3. The first-order chi connectivity index (χ1) is 13.8. The van der Waals surface area contributed by atoms with E-state index in [-0.39, 0.29) is 43.8 Å². The quantitative estimate of drug-likeness (QED) is 0.546. The first-order valence-corrected chi connectivity index (χ1v) is 9.86. The lowest BCUT2D eigenvalue weighted by molar-refractivity contribution is -0.136. The summed E-state index contributed by atoms with van der Waals surface area (Å²) < 4.78 is 14.9. The minimum atomic E-state index is -0.900. The molecule has 3 rings (SSSR count). The highest BCUT2D eigenvalue weighted by Crippen LogP contribution is 2.58. The van der Waals surface area contributed by atoms with Gasteiger partial charge < -0.3 is 20.4 Å². The van der Waals surface area contributed by atoms with Gasteiger partial charge in [-0.3, -0.25) is 4.79 Å². The second kappa shape index (κ2) is 9.11. The Morgan fingerprint density at radius 1 is 1.31 bits per heavy atom. The standard InChI is InChI=1S/C19H21Cl2FN4O3/c1-26(4-5-27)19-17(22)18(24-9-25-19)12-8-11(12)16-13(20)6-10(7-14(16)21)23-3-2-15(28)29/h6-7,9,11-12,23,27H,2-5,8H2,1H3,(H,28,29). The molecule has 2 unspecified atom stereocenters. The molecule has 0 amide bonds. The van der Waals surface area contributed by atoms with Crippen LogP contribution in [0.2, 0.25) is 10.0 Å². The molecule has 2 aromatic rings. The molecule has 156 valence electrons. The van der Waals surface area contributed by atoms with Crippen LogP contribution in [-0.2, 0) is 4.79 Å². The number of halogens is 3. The summed E-state index contributed by atoms with van der Waals surface area (Å²) in [7, 11) is 1.65. The van der Waals surface area contributed by atoms with Gasteiger partial charge in [-0.2, -0.15) is 0 Å².